The minimum Gasteiger partial charge on any atom is -0.484 e. The molecule has 0 atom stereocenters. The fourth-order valence-corrected chi connectivity index (χ4v) is 2.64. The van der Waals surface area contributed by atoms with Gasteiger partial charge in [-0.3, -0.25) is 14.4 Å². The van der Waals surface area contributed by atoms with Gasteiger partial charge >= 0.3 is 11.8 Å². The first-order valence-electron chi connectivity index (χ1n) is 9.93. The van der Waals surface area contributed by atoms with Gasteiger partial charge in [0.15, 0.2) is 6.61 Å². The van der Waals surface area contributed by atoms with Gasteiger partial charge in [0, 0.05) is 6.54 Å². The topological polar surface area (TPSA) is 109 Å². The first-order valence-corrected chi connectivity index (χ1v) is 9.93. The molecule has 0 saturated carbocycles. The molecule has 0 radical (unpaired) electrons. The van der Waals surface area contributed by atoms with E-state index in [4.69, 9.17) is 4.74 Å². The summed E-state index contributed by atoms with van der Waals surface area (Å²) in [6.07, 6.45) is 1.30. The molecule has 0 aliphatic rings. The average Bonchev–Trinajstić information content (AvgIpc) is 2.83. The molecule has 9 heteroatoms. The van der Waals surface area contributed by atoms with Gasteiger partial charge < -0.3 is 15.4 Å². The smallest absolute Gasteiger partial charge is 0.329 e. The first-order chi connectivity index (χ1) is 16.0. The second-order valence-corrected chi connectivity index (χ2v) is 6.76. The summed E-state index contributed by atoms with van der Waals surface area (Å²) >= 11 is 0. The maximum atomic E-state index is 13.5. The summed E-state index contributed by atoms with van der Waals surface area (Å²) < 4.78 is 19.0. The molecule has 8 nitrogen and oxygen atoms in total. The van der Waals surface area contributed by atoms with Crippen LogP contribution in [0, 0.1) is 5.82 Å². The van der Waals surface area contributed by atoms with Gasteiger partial charge in [-0.2, -0.15) is 5.10 Å². The van der Waals surface area contributed by atoms with Crippen LogP contribution in [0.1, 0.15) is 11.1 Å². The first kappa shape index (κ1) is 23.1. The van der Waals surface area contributed by atoms with Crippen molar-refractivity contribution >= 4 is 29.6 Å². The van der Waals surface area contributed by atoms with Crippen LogP contribution in [-0.4, -0.2) is 30.5 Å². The van der Waals surface area contributed by atoms with E-state index in [0.29, 0.717) is 17.9 Å². The van der Waals surface area contributed by atoms with E-state index in [2.05, 4.69) is 21.2 Å². The van der Waals surface area contributed by atoms with Crippen LogP contribution >= 0.6 is 0 Å². The standard InChI is InChI=1S/C24H21FN4O4/c25-20-11-4-5-12-21(20)28-23(31)24(32)29-27-15-18-9-6-10-19(13-18)33-16-22(30)26-14-17-7-2-1-3-8-17/h1-13,15H,14,16H2,(H,26,30)(H,28,31)(H,29,32)/b27-15-. The van der Waals surface area contributed by atoms with Crippen LogP contribution in [0.5, 0.6) is 5.75 Å². The van der Waals surface area contributed by atoms with E-state index >= 15 is 0 Å². The Kier molecular flexibility index (Phi) is 8.24. The minimum absolute atomic E-state index is 0.112. The molecule has 3 aromatic carbocycles. The van der Waals surface area contributed by atoms with E-state index in [9.17, 15) is 18.8 Å². The predicted molar refractivity (Wildman–Crippen MR) is 121 cm³/mol. The molecule has 168 valence electrons. The Bertz CT molecular complexity index is 1150. The van der Waals surface area contributed by atoms with Crippen molar-refractivity contribution < 1.29 is 23.5 Å². The van der Waals surface area contributed by atoms with Crippen molar-refractivity contribution in [1.82, 2.24) is 10.7 Å². The third kappa shape index (κ3) is 7.59. The van der Waals surface area contributed by atoms with Gasteiger partial charge in [-0.05, 0) is 35.4 Å². The Labute approximate surface area is 189 Å². The van der Waals surface area contributed by atoms with Crippen LogP contribution in [0.3, 0.4) is 0 Å². The number of para-hydroxylation sites is 1. The highest BCUT2D eigenvalue weighted by molar-refractivity contribution is 6.39. The molecule has 0 fully saturated rings. The molecule has 0 spiro atoms. The largest absolute Gasteiger partial charge is 0.484 e. The van der Waals surface area contributed by atoms with Gasteiger partial charge in [-0.25, -0.2) is 9.82 Å². The van der Waals surface area contributed by atoms with Crippen LogP contribution in [0.15, 0.2) is 84.0 Å². The lowest BCUT2D eigenvalue weighted by Crippen LogP contribution is -2.32. The van der Waals surface area contributed by atoms with Crippen molar-refractivity contribution in [1.29, 1.82) is 0 Å². The maximum absolute atomic E-state index is 13.5. The third-order valence-electron chi connectivity index (χ3n) is 4.27. The molecule has 0 saturated heterocycles. The third-order valence-corrected chi connectivity index (χ3v) is 4.27. The molecule has 3 aromatic rings. The Hall–Kier alpha value is -4.53. The van der Waals surface area contributed by atoms with Gasteiger partial charge in [0.25, 0.3) is 5.91 Å². The second-order valence-electron chi connectivity index (χ2n) is 6.76. The number of carbonyl (C=O) groups excluding carboxylic acids is 3. The summed E-state index contributed by atoms with van der Waals surface area (Å²) in [4.78, 5) is 35.6. The molecule has 3 rings (SSSR count). The van der Waals surface area contributed by atoms with Crippen LogP contribution < -0.4 is 20.8 Å². The molecular weight excluding hydrogens is 427 g/mol. The lowest BCUT2D eigenvalue weighted by molar-refractivity contribution is -0.136. The van der Waals surface area contributed by atoms with E-state index in [-0.39, 0.29) is 18.2 Å². The molecule has 0 aromatic heterocycles. The number of hydrogen-bond acceptors (Lipinski definition) is 5. The van der Waals surface area contributed by atoms with Crippen molar-refractivity contribution in [3.05, 3.63) is 95.8 Å². The SMILES string of the molecule is O=C(COc1cccc(/C=N\NC(=O)C(=O)Nc2ccccc2F)c1)NCc1ccccc1. The summed E-state index contributed by atoms with van der Waals surface area (Å²) in [6.45, 7) is 0.236. The Balaban J connectivity index is 1.45. The summed E-state index contributed by atoms with van der Waals surface area (Å²) in [5.74, 6) is -2.62. The predicted octanol–water partition coefficient (Wildman–Crippen LogP) is 2.61. The van der Waals surface area contributed by atoms with Crippen LogP contribution in [0.25, 0.3) is 0 Å². The molecule has 33 heavy (non-hydrogen) atoms. The molecule has 3 amide bonds. The molecule has 0 bridgehead atoms. The molecule has 0 aliphatic carbocycles. The molecule has 0 unspecified atom stereocenters. The Morgan fingerprint density at radius 1 is 0.909 bits per heavy atom. The number of carbonyl (C=O) groups is 3. The highest BCUT2D eigenvalue weighted by atomic mass is 19.1. The number of anilines is 1. The van der Waals surface area contributed by atoms with Gasteiger partial charge in [0.1, 0.15) is 11.6 Å². The molecular formula is C24H21FN4O4. The fourth-order valence-electron chi connectivity index (χ4n) is 2.64. The van der Waals surface area contributed by atoms with Crippen molar-refractivity contribution in [3.8, 4) is 5.75 Å². The molecule has 3 N–H and O–H groups in total. The van der Waals surface area contributed by atoms with E-state index in [1.807, 2.05) is 30.3 Å². The molecule has 0 aliphatic heterocycles. The minimum atomic E-state index is -1.06. The van der Waals surface area contributed by atoms with Gasteiger partial charge in [0.05, 0.1) is 11.9 Å². The number of halogens is 1. The van der Waals surface area contributed by atoms with E-state index in [0.717, 1.165) is 11.6 Å². The number of benzene rings is 3. The van der Waals surface area contributed by atoms with E-state index in [1.54, 1.807) is 24.3 Å². The van der Waals surface area contributed by atoms with Gasteiger partial charge in [-0.15, -0.1) is 0 Å². The van der Waals surface area contributed by atoms with Gasteiger partial charge in [0.2, 0.25) is 0 Å². The highest BCUT2D eigenvalue weighted by Gasteiger charge is 2.14. The fraction of sp³-hybridized carbons (Fsp3) is 0.0833. The monoisotopic (exact) mass is 448 g/mol. The highest BCUT2D eigenvalue weighted by Crippen LogP contribution is 2.13. The Morgan fingerprint density at radius 3 is 2.45 bits per heavy atom. The zero-order valence-electron chi connectivity index (χ0n) is 17.5. The quantitative estimate of drug-likeness (QED) is 0.280. The zero-order valence-corrected chi connectivity index (χ0v) is 17.5. The summed E-state index contributed by atoms with van der Waals surface area (Å²) in [7, 11) is 0. The van der Waals surface area contributed by atoms with Crippen molar-refractivity contribution in [2.24, 2.45) is 5.10 Å². The number of hydrazone groups is 1. The van der Waals surface area contributed by atoms with Crippen molar-refractivity contribution in [3.63, 3.8) is 0 Å². The van der Waals surface area contributed by atoms with Gasteiger partial charge in [-0.1, -0.05) is 54.6 Å². The number of nitrogens with zero attached hydrogens (tertiary/aromatic N) is 1. The lowest BCUT2D eigenvalue weighted by Gasteiger charge is -2.08. The molecule has 0 heterocycles. The summed E-state index contributed by atoms with van der Waals surface area (Å²) in [5, 5.41) is 8.63. The summed E-state index contributed by atoms with van der Waals surface area (Å²) in [6, 6.07) is 21.6. The summed E-state index contributed by atoms with van der Waals surface area (Å²) in [5.41, 5.74) is 3.49. The maximum Gasteiger partial charge on any atom is 0.329 e. The number of hydrogen-bond donors (Lipinski definition) is 3. The Morgan fingerprint density at radius 2 is 1.67 bits per heavy atom. The number of nitrogens with one attached hydrogen (secondary N) is 3. The number of ether oxygens (including phenoxy) is 1. The van der Waals surface area contributed by atoms with Crippen molar-refractivity contribution in [2.75, 3.05) is 11.9 Å². The average molecular weight is 448 g/mol. The number of rotatable bonds is 8. The normalized spacial score (nSPS) is 10.5. The van der Waals surface area contributed by atoms with Crippen LogP contribution in [0.2, 0.25) is 0 Å². The van der Waals surface area contributed by atoms with E-state index < -0.39 is 17.6 Å². The lowest BCUT2D eigenvalue weighted by atomic mass is 10.2. The van der Waals surface area contributed by atoms with Crippen LogP contribution in [0.4, 0.5) is 10.1 Å². The van der Waals surface area contributed by atoms with Crippen molar-refractivity contribution in [2.45, 2.75) is 6.54 Å². The second kappa shape index (κ2) is 11.8. The van der Waals surface area contributed by atoms with Crippen LogP contribution in [-0.2, 0) is 20.9 Å². The zero-order chi connectivity index (χ0) is 23.5. The number of amides is 3. The van der Waals surface area contributed by atoms with E-state index in [1.165, 1.54) is 24.4 Å².